The predicted molar refractivity (Wildman–Crippen MR) is 87.1 cm³/mol. The number of hydrogen-bond acceptors (Lipinski definition) is 3. The van der Waals surface area contributed by atoms with E-state index in [9.17, 15) is 5.26 Å². The van der Waals surface area contributed by atoms with Crippen LogP contribution in [0.25, 0.3) is 0 Å². The number of nitriles is 2. The summed E-state index contributed by atoms with van der Waals surface area (Å²) in [5.74, 6) is 0. The number of benzene rings is 2. The van der Waals surface area contributed by atoms with Crippen LogP contribution >= 0.6 is 15.9 Å². The summed E-state index contributed by atoms with van der Waals surface area (Å²) < 4.78 is 0. The molecule has 4 heteroatoms. The summed E-state index contributed by atoms with van der Waals surface area (Å²) >= 11 is 3.40. The van der Waals surface area contributed by atoms with E-state index in [1.165, 1.54) is 0 Å². The van der Waals surface area contributed by atoms with Crippen LogP contribution in [0.2, 0.25) is 0 Å². The van der Waals surface area contributed by atoms with Crippen LogP contribution in [0.15, 0.2) is 42.5 Å². The van der Waals surface area contributed by atoms with Crippen LogP contribution in [0, 0.1) is 22.7 Å². The van der Waals surface area contributed by atoms with Crippen molar-refractivity contribution in [2.24, 2.45) is 0 Å². The molecule has 0 heterocycles. The summed E-state index contributed by atoms with van der Waals surface area (Å²) in [4.78, 5) is 2.02. The maximum Gasteiger partial charge on any atom is 0.101 e. The lowest BCUT2D eigenvalue weighted by molar-refractivity contribution is 0.919. The molecule has 2 aromatic rings. The molecule has 0 fully saturated rings. The molecule has 0 aliphatic heterocycles. The Kier molecular flexibility index (Phi) is 4.98. The van der Waals surface area contributed by atoms with Gasteiger partial charge in [0, 0.05) is 18.9 Å². The molecular weight excluding hydrogens is 326 g/mol. The molecule has 0 amide bonds. The average molecular weight is 340 g/mol. The smallest absolute Gasteiger partial charge is 0.101 e. The number of alkyl halides is 1. The summed E-state index contributed by atoms with van der Waals surface area (Å²) in [5, 5.41) is 19.0. The topological polar surface area (TPSA) is 50.8 Å². The van der Waals surface area contributed by atoms with Gasteiger partial charge in [0.1, 0.15) is 6.07 Å². The molecular formula is C17H14BrN3. The van der Waals surface area contributed by atoms with Gasteiger partial charge in [-0.1, -0.05) is 34.1 Å². The molecule has 0 aliphatic rings. The van der Waals surface area contributed by atoms with E-state index >= 15 is 0 Å². The maximum atomic E-state index is 9.30. The van der Waals surface area contributed by atoms with Gasteiger partial charge in [0.15, 0.2) is 0 Å². The molecule has 0 spiro atoms. The van der Waals surface area contributed by atoms with Crippen molar-refractivity contribution in [3.8, 4) is 12.1 Å². The monoisotopic (exact) mass is 339 g/mol. The average Bonchev–Trinajstić information content (AvgIpc) is 2.54. The Morgan fingerprint density at radius 1 is 1.05 bits per heavy atom. The highest BCUT2D eigenvalue weighted by atomic mass is 79.9. The summed E-state index contributed by atoms with van der Waals surface area (Å²) in [6, 6.07) is 17.8. The van der Waals surface area contributed by atoms with Crippen molar-refractivity contribution in [2.45, 2.75) is 11.9 Å². The lowest BCUT2D eigenvalue weighted by Crippen LogP contribution is -2.17. The van der Waals surface area contributed by atoms with Crippen LogP contribution in [0.3, 0.4) is 0 Å². The van der Waals surface area contributed by atoms with Crippen LogP contribution in [-0.2, 0) is 11.9 Å². The molecule has 3 nitrogen and oxygen atoms in total. The van der Waals surface area contributed by atoms with E-state index in [0.29, 0.717) is 17.7 Å². The van der Waals surface area contributed by atoms with Gasteiger partial charge in [0.25, 0.3) is 0 Å². The van der Waals surface area contributed by atoms with Crippen molar-refractivity contribution in [3.63, 3.8) is 0 Å². The Morgan fingerprint density at radius 3 is 2.52 bits per heavy atom. The number of anilines is 1. The largest absolute Gasteiger partial charge is 0.369 e. The highest BCUT2D eigenvalue weighted by Crippen LogP contribution is 2.23. The van der Waals surface area contributed by atoms with Crippen LogP contribution in [-0.4, -0.2) is 7.05 Å². The van der Waals surface area contributed by atoms with Gasteiger partial charge in [-0.15, -0.1) is 0 Å². The normalized spacial score (nSPS) is 9.71. The van der Waals surface area contributed by atoms with Crippen molar-refractivity contribution in [1.29, 1.82) is 10.5 Å². The van der Waals surface area contributed by atoms with E-state index in [1.54, 1.807) is 6.07 Å². The number of hydrogen-bond donors (Lipinski definition) is 0. The van der Waals surface area contributed by atoms with Gasteiger partial charge in [-0.25, -0.2) is 0 Å². The first-order valence-electron chi connectivity index (χ1n) is 6.47. The first-order chi connectivity index (χ1) is 10.2. The van der Waals surface area contributed by atoms with E-state index in [0.717, 1.165) is 22.1 Å². The molecule has 2 aromatic carbocycles. The lowest BCUT2D eigenvalue weighted by Gasteiger charge is -2.21. The van der Waals surface area contributed by atoms with Gasteiger partial charge in [0.2, 0.25) is 0 Å². The van der Waals surface area contributed by atoms with E-state index in [-0.39, 0.29) is 0 Å². The van der Waals surface area contributed by atoms with Gasteiger partial charge in [-0.05, 0) is 35.4 Å². The summed E-state index contributed by atoms with van der Waals surface area (Å²) in [6.45, 7) is 0.651. The first-order valence-corrected chi connectivity index (χ1v) is 7.59. The minimum absolute atomic E-state index is 0.649. The minimum atomic E-state index is 0.649. The third kappa shape index (κ3) is 3.62. The zero-order valence-electron chi connectivity index (χ0n) is 11.7. The van der Waals surface area contributed by atoms with Crippen molar-refractivity contribution in [3.05, 3.63) is 64.7 Å². The van der Waals surface area contributed by atoms with E-state index in [1.807, 2.05) is 48.3 Å². The SMILES string of the molecule is CN(Cc1cccc(C#N)c1)c1ccc(CBr)cc1C#N. The van der Waals surface area contributed by atoms with Crippen LogP contribution < -0.4 is 4.90 Å². The second kappa shape index (κ2) is 6.92. The summed E-state index contributed by atoms with van der Waals surface area (Å²) in [7, 11) is 1.95. The molecule has 0 aliphatic carbocycles. The van der Waals surface area contributed by atoms with Crippen molar-refractivity contribution >= 4 is 21.6 Å². The summed E-state index contributed by atoms with van der Waals surface area (Å²) in [6.07, 6.45) is 0. The minimum Gasteiger partial charge on any atom is -0.369 e. The van der Waals surface area contributed by atoms with Crippen LogP contribution in [0.4, 0.5) is 5.69 Å². The molecule has 0 aromatic heterocycles. The van der Waals surface area contributed by atoms with Gasteiger partial charge in [0.05, 0.1) is 22.9 Å². The first kappa shape index (κ1) is 15.1. The Balaban J connectivity index is 2.26. The molecule has 0 bridgehead atoms. The highest BCUT2D eigenvalue weighted by Gasteiger charge is 2.09. The molecule has 0 N–H and O–H groups in total. The quantitative estimate of drug-likeness (QED) is 0.792. The fourth-order valence-electron chi connectivity index (χ4n) is 2.19. The number of rotatable bonds is 4. The lowest BCUT2D eigenvalue weighted by atomic mass is 10.1. The summed E-state index contributed by atoms with van der Waals surface area (Å²) in [5.41, 5.74) is 4.33. The second-order valence-corrected chi connectivity index (χ2v) is 5.33. The van der Waals surface area contributed by atoms with Gasteiger partial charge in [-0.3, -0.25) is 0 Å². The second-order valence-electron chi connectivity index (χ2n) is 4.77. The van der Waals surface area contributed by atoms with Gasteiger partial charge >= 0.3 is 0 Å². The molecule has 104 valence electrons. The molecule has 21 heavy (non-hydrogen) atoms. The van der Waals surface area contributed by atoms with Crippen molar-refractivity contribution in [1.82, 2.24) is 0 Å². The van der Waals surface area contributed by atoms with E-state index in [4.69, 9.17) is 5.26 Å². The fourth-order valence-corrected chi connectivity index (χ4v) is 2.54. The Labute approximate surface area is 133 Å². The molecule has 0 saturated carbocycles. The zero-order valence-corrected chi connectivity index (χ0v) is 13.3. The van der Waals surface area contributed by atoms with Gasteiger partial charge in [-0.2, -0.15) is 10.5 Å². The molecule has 0 saturated heterocycles. The zero-order chi connectivity index (χ0) is 15.2. The number of nitrogens with zero attached hydrogens (tertiary/aromatic N) is 3. The van der Waals surface area contributed by atoms with Crippen molar-refractivity contribution in [2.75, 3.05) is 11.9 Å². The Morgan fingerprint density at radius 2 is 1.86 bits per heavy atom. The Bertz CT molecular complexity index is 726. The van der Waals surface area contributed by atoms with Crippen LogP contribution in [0.1, 0.15) is 22.3 Å². The third-order valence-corrected chi connectivity index (χ3v) is 3.87. The molecule has 0 atom stereocenters. The van der Waals surface area contributed by atoms with Crippen molar-refractivity contribution < 1.29 is 0 Å². The molecule has 0 radical (unpaired) electrons. The standard InChI is InChI=1S/C17H14BrN3/c1-21(12-15-4-2-3-14(7-15)10-19)17-6-5-13(9-18)8-16(17)11-20/h2-8H,9,12H2,1H3. The van der Waals surface area contributed by atoms with Crippen LogP contribution in [0.5, 0.6) is 0 Å². The molecule has 0 unspecified atom stereocenters. The molecule has 2 rings (SSSR count). The predicted octanol–water partition coefficient (Wildman–Crippen LogP) is 3.96. The van der Waals surface area contributed by atoms with Gasteiger partial charge < -0.3 is 4.90 Å². The van der Waals surface area contributed by atoms with E-state index < -0.39 is 0 Å². The third-order valence-electron chi connectivity index (χ3n) is 3.22. The fraction of sp³-hybridized carbons (Fsp3) is 0.176. The number of halogens is 1. The highest BCUT2D eigenvalue weighted by molar-refractivity contribution is 9.08. The maximum absolute atomic E-state index is 9.30. The van der Waals surface area contributed by atoms with E-state index in [2.05, 4.69) is 28.1 Å². The Hall–Kier alpha value is -2.30.